The van der Waals surface area contributed by atoms with E-state index < -0.39 is 12.0 Å². The highest BCUT2D eigenvalue weighted by molar-refractivity contribution is 5.91. The summed E-state index contributed by atoms with van der Waals surface area (Å²) < 4.78 is 15.6. The fourth-order valence-electron chi connectivity index (χ4n) is 3.31. The first-order valence-corrected chi connectivity index (χ1v) is 9.48. The minimum atomic E-state index is -0.487. The van der Waals surface area contributed by atoms with Gasteiger partial charge in [-0.2, -0.15) is 0 Å². The molecule has 0 spiro atoms. The third-order valence-electron chi connectivity index (χ3n) is 4.85. The molecule has 154 valence electrons. The van der Waals surface area contributed by atoms with Crippen LogP contribution in [0.3, 0.4) is 0 Å². The molecule has 1 atom stereocenters. The number of para-hydroxylation sites is 1. The lowest BCUT2D eigenvalue weighted by atomic mass is 9.96. The zero-order valence-corrected chi connectivity index (χ0v) is 17.4. The summed E-state index contributed by atoms with van der Waals surface area (Å²) in [5.41, 5.74) is 3.00. The van der Waals surface area contributed by atoms with E-state index in [9.17, 15) is 4.79 Å². The number of rotatable bonds is 8. The first-order valence-electron chi connectivity index (χ1n) is 9.48. The van der Waals surface area contributed by atoms with Gasteiger partial charge in [-0.25, -0.2) is 4.79 Å². The molecule has 0 aromatic heterocycles. The van der Waals surface area contributed by atoms with Gasteiger partial charge in [-0.15, -0.1) is 0 Å². The molecule has 0 heterocycles. The van der Waals surface area contributed by atoms with Gasteiger partial charge in [0.1, 0.15) is 11.5 Å². The van der Waals surface area contributed by atoms with Gasteiger partial charge in [0.15, 0.2) is 0 Å². The zero-order chi connectivity index (χ0) is 21.5. The van der Waals surface area contributed by atoms with Gasteiger partial charge in [-0.1, -0.05) is 36.9 Å². The number of ether oxygens (including phenoxy) is 3. The number of carbonyl (C=O) groups is 1. The van der Waals surface area contributed by atoms with Crippen molar-refractivity contribution in [2.24, 2.45) is 0 Å². The molecule has 5 heteroatoms. The van der Waals surface area contributed by atoms with Crippen molar-refractivity contribution in [3.8, 4) is 11.5 Å². The molecular weight excluding hydrogens is 378 g/mol. The quantitative estimate of drug-likeness (QED) is 0.377. The maximum Gasteiger partial charge on any atom is 0.335 e. The molecule has 3 aromatic carbocycles. The Labute approximate surface area is 177 Å². The Kier molecular flexibility index (Phi) is 6.75. The second-order valence-electron chi connectivity index (χ2n) is 6.60. The van der Waals surface area contributed by atoms with E-state index in [0.717, 1.165) is 28.4 Å². The molecule has 0 N–H and O–H groups in total. The van der Waals surface area contributed by atoms with Crippen molar-refractivity contribution in [3.63, 3.8) is 0 Å². The highest BCUT2D eigenvalue weighted by Crippen LogP contribution is 2.40. The molecule has 5 nitrogen and oxygen atoms in total. The van der Waals surface area contributed by atoms with Crippen LogP contribution in [0.1, 0.15) is 11.6 Å². The van der Waals surface area contributed by atoms with Gasteiger partial charge in [0.25, 0.3) is 0 Å². The molecule has 1 unspecified atom stereocenters. The molecule has 0 fully saturated rings. The van der Waals surface area contributed by atoms with Crippen molar-refractivity contribution in [2.45, 2.75) is 6.04 Å². The lowest BCUT2D eigenvalue weighted by Crippen LogP contribution is -2.28. The molecule has 0 saturated carbocycles. The topological polar surface area (TPSA) is 48.0 Å². The van der Waals surface area contributed by atoms with E-state index in [0.29, 0.717) is 5.57 Å². The number of benzene rings is 3. The second kappa shape index (κ2) is 9.65. The van der Waals surface area contributed by atoms with E-state index in [-0.39, 0.29) is 0 Å². The number of nitrogens with zero attached hydrogens (tertiary/aromatic N) is 1. The first kappa shape index (κ1) is 21.0. The monoisotopic (exact) mass is 403 g/mol. The lowest BCUT2D eigenvalue weighted by molar-refractivity contribution is -0.136. The van der Waals surface area contributed by atoms with E-state index >= 15 is 0 Å². The minimum Gasteiger partial charge on any atom is -0.497 e. The normalized spacial score (nSPS) is 11.3. The standard InChI is InChI=1S/C25H25NO4/c1-18(25(27)30-4)24(19-10-14-22(28-2)15-11-19)26(20-8-6-5-7-9-20)21-12-16-23(29-3)17-13-21/h5-17,24H,1H2,2-4H3. The maximum atomic E-state index is 12.5. The maximum absolute atomic E-state index is 12.5. The summed E-state index contributed by atoms with van der Waals surface area (Å²) >= 11 is 0. The Bertz CT molecular complexity index is 982. The average Bonchev–Trinajstić information content (AvgIpc) is 2.82. The summed E-state index contributed by atoms with van der Waals surface area (Å²) in [4.78, 5) is 14.6. The molecule has 0 aliphatic rings. The Hall–Kier alpha value is -3.73. The van der Waals surface area contributed by atoms with Crippen molar-refractivity contribution in [1.82, 2.24) is 0 Å². The molecule has 0 aliphatic carbocycles. The summed E-state index contributed by atoms with van der Waals surface area (Å²) in [5.74, 6) is 1.02. The Morgan fingerprint density at radius 3 is 1.77 bits per heavy atom. The van der Waals surface area contributed by atoms with Crippen LogP contribution < -0.4 is 14.4 Å². The number of methoxy groups -OCH3 is 3. The first-order chi connectivity index (χ1) is 14.6. The van der Waals surface area contributed by atoms with Crippen LogP contribution in [0.15, 0.2) is 91.0 Å². The molecular formula is C25H25NO4. The van der Waals surface area contributed by atoms with Gasteiger partial charge in [0.2, 0.25) is 0 Å². The van der Waals surface area contributed by atoms with E-state index in [4.69, 9.17) is 14.2 Å². The highest BCUT2D eigenvalue weighted by Gasteiger charge is 2.29. The molecule has 30 heavy (non-hydrogen) atoms. The molecule has 3 rings (SSSR count). The van der Waals surface area contributed by atoms with Gasteiger partial charge in [-0.3, -0.25) is 0 Å². The smallest absolute Gasteiger partial charge is 0.335 e. The summed E-state index contributed by atoms with van der Waals surface area (Å²) in [6.07, 6.45) is 0. The summed E-state index contributed by atoms with van der Waals surface area (Å²) in [6.45, 7) is 4.08. The van der Waals surface area contributed by atoms with Crippen LogP contribution in [0.25, 0.3) is 0 Å². The van der Waals surface area contributed by atoms with E-state index in [1.54, 1.807) is 14.2 Å². The Morgan fingerprint density at radius 1 is 0.767 bits per heavy atom. The Balaban J connectivity index is 2.18. The van der Waals surface area contributed by atoms with Gasteiger partial charge in [-0.05, 0) is 54.1 Å². The summed E-state index contributed by atoms with van der Waals surface area (Å²) in [7, 11) is 4.61. The Morgan fingerprint density at radius 2 is 1.27 bits per heavy atom. The number of carbonyl (C=O) groups excluding carboxylic acids is 1. The van der Waals surface area contributed by atoms with Crippen LogP contribution in [0.2, 0.25) is 0 Å². The molecule has 0 amide bonds. The van der Waals surface area contributed by atoms with Gasteiger partial charge in [0, 0.05) is 11.4 Å². The van der Waals surface area contributed by atoms with Crippen LogP contribution in [0.5, 0.6) is 11.5 Å². The molecule has 0 saturated heterocycles. The molecule has 0 bridgehead atoms. The average molecular weight is 403 g/mol. The summed E-state index contributed by atoms with van der Waals surface area (Å²) in [6, 6.07) is 24.6. The van der Waals surface area contributed by atoms with Crippen LogP contribution >= 0.6 is 0 Å². The largest absolute Gasteiger partial charge is 0.497 e. The third-order valence-corrected chi connectivity index (χ3v) is 4.85. The third kappa shape index (κ3) is 4.46. The zero-order valence-electron chi connectivity index (χ0n) is 17.4. The van der Waals surface area contributed by atoms with Crippen molar-refractivity contribution in [1.29, 1.82) is 0 Å². The minimum absolute atomic E-state index is 0.322. The number of hydrogen-bond donors (Lipinski definition) is 0. The van der Waals surface area contributed by atoms with Gasteiger partial charge in [0.05, 0.1) is 32.9 Å². The van der Waals surface area contributed by atoms with E-state index in [1.807, 2.05) is 78.9 Å². The fraction of sp³-hybridized carbons (Fsp3) is 0.160. The number of anilines is 2. The van der Waals surface area contributed by atoms with Crippen LogP contribution in [-0.4, -0.2) is 27.3 Å². The summed E-state index contributed by atoms with van der Waals surface area (Å²) in [5, 5.41) is 0. The van der Waals surface area contributed by atoms with Gasteiger partial charge < -0.3 is 19.1 Å². The number of esters is 1. The van der Waals surface area contributed by atoms with Crippen LogP contribution in [0.4, 0.5) is 11.4 Å². The lowest BCUT2D eigenvalue weighted by Gasteiger charge is -2.35. The van der Waals surface area contributed by atoms with Crippen LogP contribution in [-0.2, 0) is 9.53 Å². The fourth-order valence-corrected chi connectivity index (χ4v) is 3.31. The van der Waals surface area contributed by atoms with Gasteiger partial charge >= 0.3 is 5.97 Å². The van der Waals surface area contributed by atoms with Crippen molar-refractivity contribution in [2.75, 3.05) is 26.2 Å². The highest BCUT2D eigenvalue weighted by atomic mass is 16.5. The van der Waals surface area contributed by atoms with Crippen molar-refractivity contribution >= 4 is 17.3 Å². The second-order valence-corrected chi connectivity index (χ2v) is 6.60. The van der Waals surface area contributed by atoms with Crippen molar-refractivity contribution < 1.29 is 19.0 Å². The predicted octanol–water partition coefficient (Wildman–Crippen LogP) is 5.31. The SMILES string of the molecule is C=C(C(=O)OC)C(c1ccc(OC)cc1)N(c1ccccc1)c1ccc(OC)cc1. The molecule has 0 radical (unpaired) electrons. The van der Waals surface area contributed by atoms with E-state index in [2.05, 4.69) is 11.5 Å². The van der Waals surface area contributed by atoms with Crippen molar-refractivity contribution in [3.05, 3.63) is 96.6 Å². The van der Waals surface area contributed by atoms with Crippen LogP contribution in [0, 0.1) is 0 Å². The molecule has 0 aliphatic heterocycles. The van der Waals surface area contributed by atoms with E-state index in [1.165, 1.54) is 7.11 Å². The molecule has 3 aromatic rings. The number of hydrogen-bond acceptors (Lipinski definition) is 5. The predicted molar refractivity (Wildman–Crippen MR) is 118 cm³/mol.